The van der Waals surface area contributed by atoms with E-state index in [1.807, 2.05) is 18.7 Å². The molecule has 1 N–H and O–H groups in total. The van der Waals surface area contributed by atoms with Crippen LogP contribution in [-0.2, 0) is 14.3 Å². The molecule has 0 aliphatic carbocycles. The molecule has 1 aliphatic rings. The fraction of sp³-hybridized carbons (Fsp3) is 0.636. The van der Waals surface area contributed by atoms with Crippen LogP contribution < -0.4 is 10.1 Å². The summed E-state index contributed by atoms with van der Waals surface area (Å²) >= 11 is 0. The molecule has 1 saturated heterocycles. The zero-order valence-corrected chi connectivity index (χ0v) is 17.5. The Morgan fingerprint density at radius 1 is 1.11 bits per heavy atom. The number of likely N-dealkylation sites (tertiary alicyclic amines) is 1. The Kier molecular flexibility index (Phi) is 8.77. The predicted molar refractivity (Wildman–Crippen MR) is 111 cm³/mol. The summed E-state index contributed by atoms with van der Waals surface area (Å²) in [7, 11) is 0. The second kappa shape index (κ2) is 11.1. The zero-order chi connectivity index (χ0) is 20.4. The van der Waals surface area contributed by atoms with Crippen molar-refractivity contribution in [3.05, 3.63) is 24.3 Å². The van der Waals surface area contributed by atoms with Gasteiger partial charge in [0.2, 0.25) is 0 Å². The number of benzene rings is 1. The Morgan fingerprint density at radius 2 is 1.79 bits per heavy atom. The van der Waals surface area contributed by atoms with Crippen molar-refractivity contribution in [2.75, 3.05) is 31.6 Å². The molecule has 1 aliphatic heterocycles. The van der Waals surface area contributed by atoms with Gasteiger partial charge in [-0.15, -0.1) is 0 Å². The number of rotatable bonds is 11. The van der Waals surface area contributed by atoms with Crippen LogP contribution >= 0.6 is 0 Å². The molecule has 1 aromatic carbocycles. The summed E-state index contributed by atoms with van der Waals surface area (Å²) in [5.74, 6) is 0.499. The molecule has 1 fully saturated rings. The van der Waals surface area contributed by atoms with E-state index in [1.54, 1.807) is 24.3 Å². The Hall–Kier alpha value is -2.08. The molecule has 0 radical (unpaired) electrons. The van der Waals surface area contributed by atoms with E-state index >= 15 is 0 Å². The van der Waals surface area contributed by atoms with Gasteiger partial charge in [0.15, 0.2) is 6.61 Å². The van der Waals surface area contributed by atoms with Gasteiger partial charge in [-0.05, 0) is 57.4 Å². The van der Waals surface area contributed by atoms with E-state index in [0.717, 1.165) is 45.2 Å². The average Bonchev–Trinajstić information content (AvgIpc) is 3.22. The molecule has 1 aromatic rings. The molecule has 1 heterocycles. The summed E-state index contributed by atoms with van der Waals surface area (Å²) < 4.78 is 11.4. The first-order chi connectivity index (χ1) is 13.5. The molecule has 0 saturated carbocycles. The molecule has 6 heteroatoms. The normalized spacial score (nSPS) is 15.9. The fourth-order valence-corrected chi connectivity index (χ4v) is 3.38. The third kappa shape index (κ3) is 6.51. The minimum Gasteiger partial charge on any atom is -0.484 e. The quantitative estimate of drug-likeness (QED) is 0.580. The number of ether oxygens (including phenoxy) is 2. The van der Waals surface area contributed by atoms with Crippen molar-refractivity contribution >= 4 is 17.5 Å². The van der Waals surface area contributed by atoms with Gasteiger partial charge in [-0.2, -0.15) is 0 Å². The van der Waals surface area contributed by atoms with Crippen molar-refractivity contribution in [1.82, 2.24) is 4.90 Å². The molecule has 0 aromatic heterocycles. The molecule has 0 bridgehead atoms. The molecule has 156 valence electrons. The number of nitrogens with one attached hydrogen (secondary N) is 1. The van der Waals surface area contributed by atoms with E-state index in [1.165, 1.54) is 0 Å². The first kappa shape index (κ1) is 22.2. The number of hydrogen-bond acceptors (Lipinski definition) is 4. The van der Waals surface area contributed by atoms with Crippen molar-refractivity contribution in [1.29, 1.82) is 0 Å². The molecule has 1 atom stereocenters. The maximum absolute atomic E-state index is 12.7. The molecule has 2 amide bonds. The second-order valence-corrected chi connectivity index (χ2v) is 7.48. The molecule has 2 rings (SSSR count). The number of nitrogens with zero attached hydrogens (tertiary/aromatic N) is 1. The van der Waals surface area contributed by atoms with Gasteiger partial charge in [0.25, 0.3) is 11.8 Å². The molecular formula is C22H34N2O4. The maximum atomic E-state index is 12.7. The number of amides is 2. The summed E-state index contributed by atoms with van der Waals surface area (Å²) in [6.07, 6.45) is 5.97. The lowest BCUT2D eigenvalue weighted by Gasteiger charge is -2.28. The van der Waals surface area contributed by atoms with E-state index in [-0.39, 0.29) is 18.4 Å². The average molecular weight is 391 g/mol. The molecule has 6 nitrogen and oxygen atoms in total. The number of unbranched alkanes of at least 4 members (excludes halogenated alkanes) is 2. The third-order valence-corrected chi connectivity index (χ3v) is 5.13. The van der Waals surface area contributed by atoms with Crippen LogP contribution in [0.25, 0.3) is 0 Å². The van der Waals surface area contributed by atoms with E-state index in [9.17, 15) is 9.59 Å². The van der Waals surface area contributed by atoms with E-state index in [0.29, 0.717) is 24.5 Å². The van der Waals surface area contributed by atoms with Gasteiger partial charge in [0.1, 0.15) is 11.4 Å². The lowest BCUT2D eigenvalue weighted by Crippen LogP contribution is -2.42. The summed E-state index contributed by atoms with van der Waals surface area (Å²) in [6.45, 7) is 8.08. The van der Waals surface area contributed by atoms with Gasteiger partial charge >= 0.3 is 0 Å². The largest absolute Gasteiger partial charge is 0.484 e. The Bertz CT molecular complexity index is 626. The first-order valence-corrected chi connectivity index (χ1v) is 10.4. The van der Waals surface area contributed by atoms with Crippen LogP contribution in [0.15, 0.2) is 24.3 Å². The van der Waals surface area contributed by atoms with Crippen LogP contribution in [0.1, 0.15) is 59.3 Å². The van der Waals surface area contributed by atoms with Crippen LogP contribution in [0.5, 0.6) is 5.75 Å². The van der Waals surface area contributed by atoms with Crippen LogP contribution in [0.2, 0.25) is 0 Å². The van der Waals surface area contributed by atoms with Crippen molar-refractivity contribution in [3.63, 3.8) is 0 Å². The molecule has 0 spiro atoms. The minimum atomic E-state index is -0.832. The van der Waals surface area contributed by atoms with Crippen molar-refractivity contribution < 1.29 is 19.1 Å². The van der Waals surface area contributed by atoms with Crippen LogP contribution in [-0.4, -0.2) is 48.6 Å². The van der Waals surface area contributed by atoms with Gasteiger partial charge < -0.3 is 19.7 Å². The van der Waals surface area contributed by atoms with E-state index in [2.05, 4.69) is 12.2 Å². The summed E-state index contributed by atoms with van der Waals surface area (Å²) in [5.41, 5.74) is -0.147. The second-order valence-electron chi connectivity index (χ2n) is 7.48. The maximum Gasteiger partial charge on any atom is 0.260 e. The number of hydrogen-bond donors (Lipinski definition) is 1. The Balaban J connectivity index is 1.87. The summed E-state index contributed by atoms with van der Waals surface area (Å²) in [6, 6.07) is 7.10. The van der Waals surface area contributed by atoms with Crippen molar-refractivity contribution in [2.45, 2.75) is 64.9 Å². The van der Waals surface area contributed by atoms with Gasteiger partial charge in [0, 0.05) is 25.4 Å². The highest BCUT2D eigenvalue weighted by molar-refractivity contribution is 5.97. The summed E-state index contributed by atoms with van der Waals surface area (Å²) in [5, 5.41) is 2.94. The zero-order valence-electron chi connectivity index (χ0n) is 17.5. The SMILES string of the molecule is CCCCC[C@](C)(OCC)C(=O)Nc1ccc(OCC(=O)N2CCCC2)cc1. The smallest absolute Gasteiger partial charge is 0.260 e. The van der Waals surface area contributed by atoms with Gasteiger partial charge in [-0.3, -0.25) is 9.59 Å². The minimum absolute atomic E-state index is 0.0226. The van der Waals surface area contributed by atoms with Gasteiger partial charge in [-0.25, -0.2) is 0 Å². The van der Waals surface area contributed by atoms with Gasteiger partial charge in [-0.1, -0.05) is 26.2 Å². The van der Waals surface area contributed by atoms with Gasteiger partial charge in [0.05, 0.1) is 0 Å². The topological polar surface area (TPSA) is 67.9 Å². The highest BCUT2D eigenvalue weighted by Crippen LogP contribution is 2.23. The highest BCUT2D eigenvalue weighted by atomic mass is 16.5. The Morgan fingerprint density at radius 3 is 2.39 bits per heavy atom. The number of anilines is 1. The highest BCUT2D eigenvalue weighted by Gasteiger charge is 2.33. The summed E-state index contributed by atoms with van der Waals surface area (Å²) in [4.78, 5) is 26.6. The van der Waals surface area contributed by atoms with Crippen LogP contribution in [0.3, 0.4) is 0 Å². The monoisotopic (exact) mass is 390 g/mol. The van der Waals surface area contributed by atoms with Crippen molar-refractivity contribution in [2.24, 2.45) is 0 Å². The van der Waals surface area contributed by atoms with E-state index in [4.69, 9.17) is 9.47 Å². The third-order valence-electron chi connectivity index (χ3n) is 5.13. The Labute approximate surface area is 168 Å². The van der Waals surface area contributed by atoms with Crippen LogP contribution in [0.4, 0.5) is 5.69 Å². The fourth-order valence-electron chi connectivity index (χ4n) is 3.38. The number of carbonyl (C=O) groups is 2. The molecule has 28 heavy (non-hydrogen) atoms. The van der Waals surface area contributed by atoms with Crippen LogP contribution in [0, 0.1) is 0 Å². The predicted octanol–water partition coefficient (Wildman–Crippen LogP) is 4.00. The first-order valence-electron chi connectivity index (χ1n) is 10.4. The van der Waals surface area contributed by atoms with Crippen molar-refractivity contribution in [3.8, 4) is 5.75 Å². The standard InChI is InChI=1S/C22H34N2O4/c1-4-6-7-14-22(3,28-5-2)21(26)23-18-10-12-19(13-11-18)27-17-20(25)24-15-8-9-16-24/h10-13H,4-9,14-17H2,1-3H3,(H,23,26)/t22-/m0/s1. The lowest BCUT2D eigenvalue weighted by atomic mass is 9.96. The lowest BCUT2D eigenvalue weighted by molar-refractivity contribution is -0.139. The molecule has 0 unspecified atom stereocenters. The van der Waals surface area contributed by atoms with E-state index < -0.39 is 5.60 Å². The number of carbonyl (C=O) groups excluding carboxylic acids is 2. The molecular weight excluding hydrogens is 356 g/mol.